The minimum atomic E-state index is -0.831. The molecule has 4 heteroatoms. The highest BCUT2D eigenvalue weighted by Crippen LogP contribution is 2.45. The van der Waals surface area contributed by atoms with E-state index < -0.39 is 6.09 Å². The van der Waals surface area contributed by atoms with Gasteiger partial charge in [0.1, 0.15) is 0 Å². The molecule has 1 aliphatic heterocycles. The van der Waals surface area contributed by atoms with Crippen molar-refractivity contribution in [2.75, 3.05) is 13.1 Å². The predicted octanol–water partition coefficient (Wildman–Crippen LogP) is 0.511. The van der Waals surface area contributed by atoms with Gasteiger partial charge in [-0.25, -0.2) is 4.79 Å². The van der Waals surface area contributed by atoms with Crippen LogP contribution in [0.3, 0.4) is 0 Å². The van der Waals surface area contributed by atoms with E-state index in [4.69, 9.17) is 5.11 Å². The highest BCUT2D eigenvalue weighted by molar-refractivity contribution is 5.66. The average Bonchev–Trinajstić information content (AvgIpc) is 2.27. The number of hydrogen-bond donors (Lipinski definition) is 2. The molecule has 0 bridgehead atoms. The van der Waals surface area contributed by atoms with Crippen molar-refractivity contribution in [1.82, 2.24) is 4.90 Å². The van der Waals surface area contributed by atoms with Gasteiger partial charge in [-0.3, -0.25) is 0 Å². The zero-order chi connectivity index (χ0) is 8.77. The van der Waals surface area contributed by atoms with Crippen molar-refractivity contribution >= 4 is 6.09 Å². The lowest BCUT2D eigenvalue weighted by Crippen LogP contribution is -2.57. The van der Waals surface area contributed by atoms with Gasteiger partial charge in [0.05, 0.1) is 6.10 Å². The van der Waals surface area contributed by atoms with Gasteiger partial charge in [0.2, 0.25) is 0 Å². The van der Waals surface area contributed by atoms with E-state index in [2.05, 4.69) is 0 Å². The van der Waals surface area contributed by atoms with Crippen LogP contribution in [0, 0.1) is 5.41 Å². The van der Waals surface area contributed by atoms with Crippen LogP contribution >= 0.6 is 0 Å². The van der Waals surface area contributed by atoms with Gasteiger partial charge < -0.3 is 15.1 Å². The van der Waals surface area contributed by atoms with Gasteiger partial charge in [0, 0.05) is 18.5 Å². The van der Waals surface area contributed by atoms with Crippen molar-refractivity contribution in [2.24, 2.45) is 5.41 Å². The first kappa shape index (κ1) is 7.86. The summed E-state index contributed by atoms with van der Waals surface area (Å²) in [4.78, 5) is 11.9. The number of amides is 1. The lowest BCUT2D eigenvalue weighted by molar-refractivity contribution is 0.00606. The number of aliphatic hydroxyl groups excluding tert-OH is 1. The average molecular weight is 171 g/mol. The lowest BCUT2D eigenvalue weighted by Gasteiger charge is -2.46. The Labute approximate surface area is 70.8 Å². The summed E-state index contributed by atoms with van der Waals surface area (Å²) in [6.07, 6.45) is 1.59. The maximum absolute atomic E-state index is 10.5. The van der Waals surface area contributed by atoms with Crippen LogP contribution in [0.15, 0.2) is 0 Å². The largest absolute Gasteiger partial charge is 0.465 e. The van der Waals surface area contributed by atoms with Crippen molar-refractivity contribution in [1.29, 1.82) is 0 Å². The molecule has 68 valence electrons. The Kier molecular flexibility index (Phi) is 1.54. The zero-order valence-corrected chi connectivity index (χ0v) is 6.86. The minimum absolute atomic E-state index is 0.137. The molecular formula is C8H13NO3. The lowest BCUT2D eigenvalue weighted by atomic mass is 9.78. The van der Waals surface area contributed by atoms with Crippen LogP contribution in [-0.2, 0) is 0 Å². The standard InChI is InChI=1S/C8H13NO3/c10-6-1-2-8(3-6)4-9(5-8)7(11)12/h6,10H,1-5H2,(H,11,12). The summed E-state index contributed by atoms with van der Waals surface area (Å²) in [5.74, 6) is 0. The number of aliphatic hydroxyl groups is 1. The maximum Gasteiger partial charge on any atom is 0.407 e. The maximum atomic E-state index is 10.5. The molecule has 1 saturated heterocycles. The van der Waals surface area contributed by atoms with Gasteiger partial charge in [-0.05, 0) is 19.3 Å². The number of carbonyl (C=O) groups is 1. The Hall–Kier alpha value is -0.770. The fraction of sp³-hybridized carbons (Fsp3) is 0.875. The molecule has 2 rings (SSSR count). The summed E-state index contributed by atoms with van der Waals surface area (Å²) in [5.41, 5.74) is 0.137. The Morgan fingerprint density at radius 1 is 1.50 bits per heavy atom. The monoisotopic (exact) mass is 171 g/mol. The van der Waals surface area contributed by atoms with Gasteiger partial charge in [-0.1, -0.05) is 0 Å². The molecule has 2 fully saturated rings. The number of likely N-dealkylation sites (tertiary alicyclic amines) is 1. The van der Waals surface area contributed by atoms with E-state index in [-0.39, 0.29) is 11.5 Å². The van der Waals surface area contributed by atoms with Gasteiger partial charge >= 0.3 is 6.09 Å². The molecule has 12 heavy (non-hydrogen) atoms. The molecule has 0 aromatic rings. The van der Waals surface area contributed by atoms with Gasteiger partial charge in [-0.2, -0.15) is 0 Å². The summed E-state index contributed by atoms with van der Waals surface area (Å²) in [6.45, 7) is 1.25. The topological polar surface area (TPSA) is 60.8 Å². The van der Waals surface area contributed by atoms with Crippen LogP contribution in [0.5, 0.6) is 0 Å². The number of carboxylic acid groups (broad SMARTS) is 1. The van der Waals surface area contributed by atoms with Crippen molar-refractivity contribution in [3.8, 4) is 0 Å². The SMILES string of the molecule is O=C(O)N1CC2(CCC(O)C2)C1. The van der Waals surface area contributed by atoms with E-state index in [1.54, 1.807) is 0 Å². The third-order valence-electron chi connectivity index (χ3n) is 3.00. The Morgan fingerprint density at radius 2 is 2.17 bits per heavy atom. The molecule has 4 nitrogen and oxygen atoms in total. The smallest absolute Gasteiger partial charge is 0.407 e. The molecule has 1 atom stereocenters. The van der Waals surface area contributed by atoms with Crippen LogP contribution in [0.2, 0.25) is 0 Å². The quantitative estimate of drug-likeness (QED) is 0.558. The number of nitrogens with zero attached hydrogens (tertiary/aromatic N) is 1. The fourth-order valence-electron chi connectivity index (χ4n) is 2.36. The van der Waals surface area contributed by atoms with Crippen LogP contribution in [-0.4, -0.2) is 40.4 Å². The second kappa shape index (κ2) is 2.36. The molecule has 2 N–H and O–H groups in total. The summed E-state index contributed by atoms with van der Waals surface area (Å²) in [5, 5.41) is 17.9. The van der Waals surface area contributed by atoms with Crippen molar-refractivity contribution < 1.29 is 15.0 Å². The third-order valence-corrected chi connectivity index (χ3v) is 3.00. The van der Waals surface area contributed by atoms with Crippen LogP contribution in [0.25, 0.3) is 0 Å². The molecule has 1 aliphatic carbocycles. The summed E-state index contributed by atoms with van der Waals surface area (Å²) in [7, 11) is 0. The summed E-state index contributed by atoms with van der Waals surface area (Å²) >= 11 is 0. The molecule has 0 radical (unpaired) electrons. The molecule has 1 amide bonds. The second-order valence-electron chi connectivity index (χ2n) is 4.04. The van der Waals surface area contributed by atoms with Crippen LogP contribution in [0.4, 0.5) is 4.79 Å². The number of hydrogen-bond acceptors (Lipinski definition) is 2. The highest BCUT2D eigenvalue weighted by Gasteiger charge is 2.49. The molecule has 1 saturated carbocycles. The summed E-state index contributed by atoms with van der Waals surface area (Å²) < 4.78 is 0. The molecular weight excluding hydrogens is 158 g/mol. The molecule has 2 aliphatic rings. The van der Waals surface area contributed by atoms with E-state index >= 15 is 0 Å². The van der Waals surface area contributed by atoms with Gasteiger partial charge in [-0.15, -0.1) is 0 Å². The van der Waals surface area contributed by atoms with Crippen molar-refractivity contribution in [3.05, 3.63) is 0 Å². The van der Waals surface area contributed by atoms with Gasteiger partial charge in [0.25, 0.3) is 0 Å². The van der Waals surface area contributed by atoms with Gasteiger partial charge in [0.15, 0.2) is 0 Å². The van der Waals surface area contributed by atoms with E-state index in [1.165, 1.54) is 4.90 Å². The first-order chi connectivity index (χ1) is 5.61. The predicted molar refractivity (Wildman–Crippen MR) is 41.9 cm³/mol. The molecule has 1 spiro atoms. The first-order valence-electron chi connectivity index (χ1n) is 4.27. The van der Waals surface area contributed by atoms with E-state index in [1.807, 2.05) is 0 Å². The Morgan fingerprint density at radius 3 is 2.58 bits per heavy atom. The van der Waals surface area contributed by atoms with E-state index in [0.29, 0.717) is 13.1 Å². The number of rotatable bonds is 0. The minimum Gasteiger partial charge on any atom is -0.465 e. The first-order valence-corrected chi connectivity index (χ1v) is 4.27. The zero-order valence-electron chi connectivity index (χ0n) is 6.86. The molecule has 1 heterocycles. The van der Waals surface area contributed by atoms with Crippen molar-refractivity contribution in [2.45, 2.75) is 25.4 Å². The Balaban J connectivity index is 1.91. The van der Waals surface area contributed by atoms with Crippen LogP contribution in [0.1, 0.15) is 19.3 Å². The van der Waals surface area contributed by atoms with Crippen molar-refractivity contribution in [3.63, 3.8) is 0 Å². The Bertz CT molecular complexity index is 210. The van der Waals surface area contributed by atoms with E-state index in [9.17, 15) is 9.90 Å². The molecule has 1 unspecified atom stereocenters. The van der Waals surface area contributed by atoms with Crippen LogP contribution < -0.4 is 0 Å². The highest BCUT2D eigenvalue weighted by atomic mass is 16.4. The fourth-order valence-corrected chi connectivity index (χ4v) is 2.36. The molecule has 0 aromatic heterocycles. The molecule has 0 aromatic carbocycles. The summed E-state index contributed by atoms with van der Waals surface area (Å²) in [6, 6.07) is 0. The second-order valence-corrected chi connectivity index (χ2v) is 4.04. The normalized spacial score (nSPS) is 32.1. The van der Waals surface area contributed by atoms with E-state index in [0.717, 1.165) is 19.3 Å². The third kappa shape index (κ3) is 1.06.